The Morgan fingerprint density at radius 2 is 1.70 bits per heavy atom. The monoisotopic (exact) mass is 324 g/mol. The summed E-state index contributed by atoms with van der Waals surface area (Å²) in [6.45, 7) is 4.03. The molecular formula is C21H24OS. The van der Waals surface area contributed by atoms with Crippen LogP contribution in [0, 0.1) is 0 Å². The highest BCUT2D eigenvalue weighted by atomic mass is 32.2. The Balaban J connectivity index is 1.90. The van der Waals surface area contributed by atoms with Crippen molar-refractivity contribution >= 4 is 11.8 Å². The van der Waals surface area contributed by atoms with E-state index in [0.29, 0.717) is 0 Å². The maximum atomic E-state index is 11.6. The maximum absolute atomic E-state index is 11.6. The number of thioether (sulfide) groups is 1. The zero-order valence-electron chi connectivity index (χ0n) is 13.4. The normalized spacial score (nSPS) is 25.7. The Hall–Kier alpha value is -1.51. The molecule has 1 fully saturated rings. The number of aliphatic hydroxyl groups is 1. The van der Waals surface area contributed by atoms with Gasteiger partial charge in [0.25, 0.3) is 0 Å². The van der Waals surface area contributed by atoms with Gasteiger partial charge in [-0.05, 0) is 30.5 Å². The van der Waals surface area contributed by atoms with Crippen molar-refractivity contribution < 1.29 is 5.11 Å². The molecule has 0 aliphatic heterocycles. The minimum atomic E-state index is -0.734. The van der Waals surface area contributed by atoms with Crippen molar-refractivity contribution in [2.45, 2.75) is 47.3 Å². The largest absolute Gasteiger partial charge is 0.388 e. The number of hydrogen-bond donors (Lipinski definition) is 1. The first-order valence-electron chi connectivity index (χ1n) is 8.35. The van der Waals surface area contributed by atoms with Gasteiger partial charge < -0.3 is 5.11 Å². The zero-order valence-corrected chi connectivity index (χ0v) is 14.2. The van der Waals surface area contributed by atoms with Gasteiger partial charge in [0.1, 0.15) is 0 Å². The molecule has 1 N–H and O–H groups in total. The summed E-state index contributed by atoms with van der Waals surface area (Å²) < 4.78 is 0. The third-order valence-corrected chi connectivity index (χ3v) is 6.28. The Bertz CT molecular complexity index is 625. The quantitative estimate of drug-likeness (QED) is 0.741. The summed E-state index contributed by atoms with van der Waals surface area (Å²) in [6.07, 6.45) is 6.08. The van der Waals surface area contributed by atoms with E-state index in [9.17, 15) is 5.11 Å². The number of benzene rings is 2. The van der Waals surface area contributed by atoms with Crippen LogP contribution in [-0.2, 0) is 0 Å². The van der Waals surface area contributed by atoms with Gasteiger partial charge in [-0.25, -0.2) is 0 Å². The van der Waals surface area contributed by atoms with E-state index in [-0.39, 0.29) is 11.2 Å². The number of hydrogen-bond acceptors (Lipinski definition) is 2. The van der Waals surface area contributed by atoms with Crippen molar-refractivity contribution in [2.75, 3.05) is 0 Å². The topological polar surface area (TPSA) is 20.2 Å². The van der Waals surface area contributed by atoms with Crippen LogP contribution in [0.15, 0.2) is 78.2 Å². The minimum Gasteiger partial charge on any atom is -0.388 e. The van der Waals surface area contributed by atoms with Crippen molar-refractivity contribution in [3.63, 3.8) is 0 Å². The molecule has 3 rings (SSSR count). The van der Waals surface area contributed by atoms with Crippen molar-refractivity contribution in [2.24, 2.45) is 0 Å². The van der Waals surface area contributed by atoms with Crippen LogP contribution < -0.4 is 0 Å². The fourth-order valence-corrected chi connectivity index (χ4v) is 5.01. The van der Waals surface area contributed by atoms with E-state index >= 15 is 0 Å². The maximum Gasteiger partial charge on any atom is 0.0871 e. The Morgan fingerprint density at radius 3 is 2.35 bits per heavy atom. The molecule has 0 bridgehead atoms. The predicted octanol–water partition coefficient (Wildman–Crippen LogP) is 5.42. The lowest BCUT2D eigenvalue weighted by atomic mass is 9.72. The van der Waals surface area contributed by atoms with Gasteiger partial charge in [-0.15, -0.1) is 18.3 Å². The summed E-state index contributed by atoms with van der Waals surface area (Å²) >= 11 is 1.81. The minimum absolute atomic E-state index is 0.0230. The summed E-state index contributed by atoms with van der Waals surface area (Å²) in [5.41, 5.74) is 0.424. The summed E-state index contributed by atoms with van der Waals surface area (Å²) in [4.78, 5) is 1.23. The molecule has 0 unspecified atom stereocenters. The van der Waals surface area contributed by atoms with Crippen LogP contribution in [0.4, 0.5) is 0 Å². The average molecular weight is 324 g/mol. The standard InChI is InChI=1S/C21H24OS/c1-2-19(17-11-5-3-6-12-17)21(22)16-10-9-15-20(21)23-18-13-7-4-8-14-18/h2-8,11-14,19-20,22H,1,9-10,15-16H2/t19-,20+,21+/m0/s1. The van der Waals surface area contributed by atoms with E-state index in [1.807, 2.05) is 42.1 Å². The van der Waals surface area contributed by atoms with Gasteiger partial charge in [0.2, 0.25) is 0 Å². The molecule has 23 heavy (non-hydrogen) atoms. The lowest BCUT2D eigenvalue weighted by Crippen LogP contribution is -2.47. The SMILES string of the molecule is C=C[C@@H](c1ccccc1)[C@]1(O)CCCC[C@H]1Sc1ccccc1. The molecule has 2 heteroatoms. The number of rotatable bonds is 5. The molecule has 3 atom stereocenters. The Kier molecular flexibility index (Phi) is 5.24. The smallest absolute Gasteiger partial charge is 0.0871 e. The summed E-state index contributed by atoms with van der Waals surface area (Å²) in [5, 5.41) is 11.8. The van der Waals surface area contributed by atoms with Crippen LogP contribution in [0.1, 0.15) is 37.2 Å². The highest BCUT2D eigenvalue weighted by molar-refractivity contribution is 8.00. The Labute approximate surface area is 143 Å². The average Bonchev–Trinajstić information content (AvgIpc) is 2.60. The van der Waals surface area contributed by atoms with E-state index in [4.69, 9.17) is 0 Å². The molecule has 0 heterocycles. The third-order valence-electron chi connectivity index (χ3n) is 4.81. The molecule has 0 amide bonds. The van der Waals surface area contributed by atoms with Crippen LogP contribution in [0.5, 0.6) is 0 Å². The third kappa shape index (κ3) is 3.54. The van der Waals surface area contributed by atoms with Gasteiger partial charge in [0.05, 0.1) is 5.60 Å². The van der Waals surface area contributed by atoms with E-state index in [1.54, 1.807) is 0 Å². The van der Waals surface area contributed by atoms with E-state index < -0.39 is 5.60 Å². The van der Waals surface area contributed by atoms with Gasteiger partial charge in [0, 0.05) is 16.1 Å². The van der Waals surface area contributed by atoms with Gasteiger partial charge in [0.15, 0.2) is 0 Å². The van der Waals surface area contributed by atoms with Crippen molar-refractivity contribution in [1.29, 1.82) is 0 Å². The predicted molar refractivity (Wildman–Crippen MR) is 98.9 cm³/mol. The van der Waals surface area contributed by atoms with Crippen molar-refractivity contribution in [1.82, 2.24) is 0 Å². The Morgan fingerprint density at radius 1 is 1.04 bits per heavy atom. The first kappa shape index (κ1) is 16.4. The van der Waals surface area contributed by atoms with Crippen molar-refractivity contribution in [3.8, 4) is 0 Å². The zero-order chi connectivity index (χ0) is 16.1. The second kappa shape index (κ2) is 7.37. The van der Waals surface area contributed by atoms with E-state index in [1.165, 1.54) is 11.3 Å². The summed E-state index contributed by atoms with van der Waals surface area (Å²) in [6, 6.07) is 20.7. The first-order valence-corrected chi connectivity index (χ1v) is 9.23. The molecule has 1 aliphatic carbocycles. The molecule has 2 aromatic rings. The van der Waals surface area contributed by atoms with Crippen LogP contribution in [0.25, 0.3) is 0 Å². The van der Waals surface area contributed by atoms with Crippen LogP contribution in [-0.4, -0.2) is 16.0 Å². The fourth-order valence-electron chi connectivity index (χ4n) is 3.62. The molecule has 1 aliphatic rings. The second-order valence-corrected chi connectivity index (χ2v) is 7.56. The summed E-state index contributed by atoms with van der Waals surface area (Å²) in [7, 11) is 0. The molecule has 0 spiro atoms. The fraction of sp³-hybridized carbons (Fsp3) is 0.333. The molecule has 1 saturated carbocycles. The molecule has 0 saturated heterocycles. The van der Waals surface area contributed by atoms with Crippen LogP contribution in [0.2, 0.25) is 0 Å². The molecule has 0 radical (unpaired) electrons. The van der Waals surface area contributed by atoms with E-state index in [2.05, 4.69) is 43.0 Å². The first-order chi connectivity index (χ1) is 11.2. The molecule has 1 nitrogen and oxygen atoms in total. The van der Waals surface area contributed by atoms with Crippen LogP contribution in [0.3, 0.4) is 0 Å². The highest BCUT2D eigenvalue weighted by Crippen LogP contribution is 2.47. The molecule has 120 valence electrons. The van der Waals surface area contributed by atoms with Gasteiger partial charge in [-0.3, -0.25) is 0 Å². The van der Waals surface area contributed by atoms with Gasteiger partial charge >= 0.3 is 0 Å². The molecular weight excluding hydrogens is 300 g/mol. The lowest BCUT2D eigenvalue weighted by Gasteiger charge is -2.44. The van der Waals surface area contributed by atoms with Gasteiger partial charge in [-0.2, -0.15) is 0 Å². The molecule has 0 aromatic heterocycles. The van der Waals surface area contributed by atoms with E-state index in [0.717, 1.165) is 24.8 Å². The lowest BCUT2D eigenvalue weighted by molar-refractivity contribution is -0.00259. The van der Waals surface area contributed by atoms with Crippen LogP contribution >= 0.6 is 11.8 Å². The molecule has 2 aromatic carbocycles. The summed E-state index contributed by atoms with van der Waals surface area (Å²) in [5.74, 6) is -0.0230. The second-order valence-electron chi connectivity index (χ2n) is 6.28. The highest BCUT2D eigenvalue weighted by Gasteiger charge is 2.45. The van der Waals surface area contributed by atoms with Crippen molar-refractivity contribution in [3.05, 3.63) is 78.9 Å². The van der Waals surface area contributed by atoms with Gasteiger partial charge in [-0.1, -0.05) is 67.4 Å².